The third kappa shape index (κ3) is 3.76. The van der Waals surface area contributed by atoms with Crippen molar-refractivity contribution in [2.24, 2.45) is 4.99 Å². The summed E-state index contributed by atoms with van der Waals surface area (Å²) in [6, 6.07) is 14.0. The average molecular weight is 484 g/mol. The number of benzene rings is 1. The maximum atomic E-state index is 12.8. The second-order valence-electron chi connectivity index (χ2n) is 7.35. The SMILES string of the molecule is CN1C(=O)/C(=C/c2cc3sc4cc(N(CCO)CCO)sc4c3s2)N=C1c1ccccc1. The molecular formula is C23H21N3O3S3. The standard InChI is InChI=1S/C23H21N3O3S3/c1-25-22(14-5-3-2-4-6-14)24-16(23(25)29)11-15-12-17-20(30-15)21-18(31-17)13-19(32-21)26(7-9-27)8-10-28/h2-6,11-13,27-28H,7-10H2,1H3/b16-11-. The Morgan fingerprint density at radius 2 is 1.69 bits per heavy atom. The lowest BCUT2D eigenvalue weighted by Crippen LogP contribution is -2.28. The van der Waals surface area contributed by atoms with E-state index in [1.165, 1.54) is 18.8 Å². The van der Waals surface area contributed by atoms with E-state index in [0.717, 1.165) is 15.4 Å². The van der Waals surface area contributed by atoms with Crippen LogP contribution >= 0.6 is 34.0 Å². The molecule has 0 radical (unpaired) electrons. The van der Waals surface area contributed by atoms with Gasteiger partial charge in [-0.25, -0.2) is 4.99 Å². The van der Waals surface area contributed by atoms with E-state index >= 15 is 0 Å². The molecule has 32 heavy (non-hydrogen) atoms. The van der Waals surface area contributed by atoms with Gasteiger partial charge in [0.2, 0.25) is 0 Å². The lowest BCUT2D eigenvalue weighted by Gasteiger charge is -2.20. The van der Waals surface area contributed by atoms with Crippen LogP contribution in [0.15, 0.2) is 53.2 Å². The van der Waals surface area contributed by atoms with Gasteiger partial charge in [0, 0.05) is 40.0 Å². The number of amides is 1. The van der Waals surface area contributed by atoms with Crippen molar-refractivity contribution in [1.82, 2.24) is 4.90 Å². The zero-order valence-electron chi connectivity index (χ0n) is 17.3. The van der Waals surface area contributed by atoms with Gasteiger partial charge in [0.1, 0.15) is 11.5 Å². The first kappa shape index (κ1) is 21.3. The summed E-state index contributed by atoms with van der Waals surface area (Å²) in [6.45, 7) is 1.09. The molecule has 0 spiro atoms. The molecule has 164 valence electrons. The number of likely N-dealkylation sites (N-methyl/N-ethyl adjacent to an activating group) is 1. The minimum Gasteiger partial charge on any atom is -0.395 e. The Kier molecular flexibility index (Phi) is 5.83. The first-order valence-electron chi connectivity index (χ1n) is 10.2. The minimum absolute atomic E-state index is 0.0473. The minimum atomic E-state index is -0.104. The van der Waals surface area contributed by atoms with Gasteiger partial charge in [-0.2, -0.15) is 0 Å². The summed E-state index contributed by atoms with van der Waals surface area (Å²) in [5.74, 6) is 0.561. The highest BCUT2D eigenvalue weighted by atomic mass is 32.1. The van der Waals surface area contributed by atoms with E-state index in [0.29, 0.717) is 24.6 Å². The fraction of sp³-hybridized carbons (Fsp3) is 0.217. The molecule has 4 aromatic rings. The van der Waals surface area contributed by atoms with Gasteiger partial charge in [-0.15, -0.1) is 34.0 Å². The van der Waals surface area contributed by atoms with E-state index in [4.69, 9.17) is 0 Å². The van der Waals surface area contributed by atoms with Crippen LogP contribution in [-0.4, -0.2) is 60.2 Å². The number of carbonyl (C=O) groups excluding carboxylic acids is 1. The number of carbonyl (C=O) groups is 1. The van der Waals surface area contributed by atoms with Gasteiger partial charge in [0.05, 0.1) is 27.6 Å². The molecule has 0 unspecified atom stereocenters. The Bertz CT molecular complexity index is 1340. The summed E-state index contributed by atoms with van der Waals surface area (Å²) in [7, 11) is 1.75. The summed E-state index contributed by atoms with van der Waals surface area (Å²) in [4.78, 5) is 22.0. The second-order valence-corrected chi connectivity index (χ2v) is 10.5. The van der Waals surface area contributed by atoms with Crippen LogP contribution in [0.5, 0.6) is 0 Å². The fourth-order valence-electron chi connectivity index (χ4n) is 3.72. The van der Waals surface area contributed by atoms with E-state index in [-0.39, 0.29) is 19.1 Å². The van der Waals surface area contributed by atoms with Crippen molar-refractivity contribution in [3.63, 3.8) is 0 Å². The summed E-state index contributed by atoms with van der Waals surface area (Å²) >= 11 is 5.06. The summed E-state index contributed by atoms with van der Waals surface area (Å²) in [5.41, 5.74) is 1.36. The summed E-state index contributed by atoms with van der Waals surface area (Å²) in [6.07, 6.45) is 1.87. The number of rotatable bonds is 7. The number of fused-ring (bicyclic) bond motifs is 3. The largest absolute Gasteiger partial charge is 0.395 e. The van der Waals surface area contributed by atoms with Crippen LogP contribution in [0.3, 0.4) is 0 Å². The van der Waals surface area contributed by atoms with Crippen molar-refractivity contribution >= 4 is 75.6 Å². The number of thiophene rings is 3. The molecule has 9 heteroatoms. The fourth-order valence-corrected chi connectivity index (χ4v) is 7.74. The molecule has 6 nitrogen and oxygen atoms in total. The Morgan fingerprint density at radius 1 is 1.00 bits per heavy atom. The lowest BCUT2D eigenvalue weighted by atomic mass is 10.2. The molecule has 2 N–H and O–H groups in total. The Morgan fingerprint density at radius 3 is 2.41 bits per heavy atom. The topological polar surface area (TPSA) is 76.4 Å². The molecule has 0 atom stereocenters. The van der Waals surface area contributed by atoms with Gasteiger partial charge < -0.3 is 15.1 Å². The third-order valence-corrected chi connectivity index (χ3v) is 9.04. The zero-order chi connectivity index (χ0) is 22.2. The van der Waals surface area contributed by atoms with E-state index in [9.17, 15) is 15.0 Å². The van der Waals surface area contributed by atoms with E-state index in [1.807, 2.05) is 41.3 Å². The Labute approximate surface area is 197 Å². The van der Waals surface area contributed by atoms with Crippen molar-refractivity contribution in [3.05, 3.63) is 58.6 Å². The van der Waals surface area contributed by atoms with Crippen LogP contribution in [-0.2, 0) is 4.79 Å². The van der Waals surface area contributed by atoms with Crippen LogP contribution in [0, 0.1) is 0 Å². The number of aliphatic imine (C=N–C) groups is 1. The van der Waals surface area contributed by atoms with Crippen molar-refractivity contribution in [2.45, 2.75) is 0 Å². The second kappa shape index (κ2) is 8.76. The number of nitrogens with zero attached hydrogens (tertiary/aromatic N) is 3. The Hall–Kier alpha value is -2.56. The lowest BCUT2D eigenvalue weighted by molar-refractivity contribution is -0.121. The van der Waals surface area contributed by atoms with Crippen LogP contribution in [0.25, 0.3) is 24.9 Å². The van der Waals surface area contributed by atoms with Crippen molar-refractivity contribution in [1.29, 1.82) is 0 Å². The van der Waals surface area contributed by atoms with E-state index < -0.39 is 0 Å². The van der Waals surface area contributed by atoms with E-state index in [2.05, 4.69) is 17.1 Å². The van der Waals surface area contributed by atoms with Crippen LogP contribution < -0.4 is 4.90 Å². The first-order valence-corrected chi connectivity index (χ1v) is 12.6. The molecule has 0 saturated carbocycles. The normalized spacial score (nSPS) is 15.5. The molecule has 3 aromatic heterocycles. The van der Waals surface area contributed by atoms with Gasteiger partial charge in [-0.3, -0.25) is 9.69 Å². The third-order valence-electron chi connectivity index (χ3n) is 5.26. The molecule has 4 heterocycles. The van der Waals surface area contributed by atoms with E-state index in [1.54, 1.807) is 46.0 Å². The quantitative estimate of drug-likeness (QED) is 0.386. The predicted octanol–water partition coefficient (Wildman–Crippen LogP) is 4.23. The van der Waals surface area contributed by atoms with Crippen molar-refractivity contribution in [2.75, 3.05) is 38.3 Å². The van der Waals surface area contributed by atoms with Gasteiger partial charge >= 0.3 is 0 Å². The average Bonchev–Trinajstić information content (AvgIpc) is 3.52. The Balaban J connectivity index is 1.49. The highest BCUT2D eigenvalue weighted by molar-refractivity contribution is 7.39. The molecule has 0 aliphatic carbocycles. The number of amidine groups is 1. The smallest absolute Gasteiger partial charge is 0.277 e. The molecule has 0 fully saturated rings. The molecule has 1 amide bonds. The van der Waals surface area contributed by atoms with Crippen molar-refractivity contribution < 1.29 is 15.0 Å². The van der Waals surface area contributed by atoms with Gasteiger partial charge in [-0.1, -0.05) is 30.3 Å². The number of aliphatic hydroxyl groups excluding tert-OH is 2. The number of hydrogen-bond donors (Lipinski definition) is 2. The molecule has 0 bridgehead atoms. The molecular weight excluding hydrogens is 462 g/mol. The molecule has 1 aliphatic rings. The van der Waals surface area contributed by atoms with Crippen LogP contribution in [0.4, 0.5) is 5.00 Å². The maximum absolute atomic E-state index is 12.8. The molecule has 1 aliphatic heterocycles. The van der Waals surface area contributed by atoms with Gasteiger partial charge in [-0.05, 0) is 18.2 Å². The number of aliphatic hydroxyl groups is 2. The highest BCUT2D eigenvalue weighted by Gasteiger charge is 2.28. The molecule has 5 rings (SSSR count). The first-order chi connectivity index (χ1) is 15.6. The number of anilines is 1. The molecule has 1 aromatic carbocycles. The van der Waals surface area contributed by atoms with Gasteiger partial charge in [0.25, 0.3) is 5.91 Å². The van der Waals surface area contributed by atoms with Crippen molar-refractivity contribution in [3.8, 4) is 0 Å². The highest BCUT2D eigenvalue weighted by Crippen LogP contribution is 2.46. The summed E-state index contributed by atoms with van der Waals surface area (Å²) in [5, 5.41) is 19.7. The van der Waals surface area contributed by atoms with Crippen LogP contribution in [0.2, 0.25) is 0 Å². The number of hydrogen-bond acceptors (Lipinski definition) is 8. The monoisotopic (exact) mass is 483 g/mol. The maximum Gasteiger partial charge on any atom is 0.277 e. The van der Waals surface area contributed by atoms with Crippen LogP contribution in [0.1, 0.15) is 10.4 Å². The summed E-state index contributed by atoms with van der Waals surface area (Å²) < 4.78 is 4.80. The van der Waals surface area contributed by atoms with Gasteiger partial charge in [0.15, 0.2) is 0 Å². The predicted molar refractivity (Wildman–Crippen MR) is 135 cm³/mol. The molecule has 0 saturated heterocycles. The zero-order valence-corrected chi connectivity index (χ0v) is 19.8.